The van der Waals surface area contributed by atoms with Crippen LogP contribution in [0.3, 0.4) is 0 Å². The maximum absolute atomic E-state index is 12.3. The van der Waals surface area contributed by atoms with Crippen LogP contribution < -0.4 is 20.1 Å². The Morgan fingerprint density at radius 2 is 1.46 bits per heavy atom. The Morgan fingerprint density at radius 3 is 2.00 bits per heavy atom. The normalized spacial score (nSPS) is 14.2. The van der Waals surface area contributed by atoms with E-state index in [-0.39, 0.29) is 17.7 Å². The smallest absolute Gasteiger partial charge is 0.265 e. The van der Waals surface area contributed by atoms with Crippen LogP contribution in [0.25, 0.3) is 0 Å². The molecule has 136 valence electrons. The number of amides is 2. The van der Waals surface area contributed by atoms with Gasteiger partial charge < -0.3 is 20.1 Å². The third-order valence-corrected chi connectivity index (χ3v) is 4.11. The van der Waals surface area contributed by atoms with Gasteiger partial charge in [-0.25, -0.2) is 0 Å². The molecule has 1 saturated carbocycles. The van der Waals surface area contributed by atoms with E-state index >= 15 is 0 Å². The van der Waals surface area contributed by atoms with Crippen molar-refractivity contribution in [1.82, 2.24) is 0 Å². The Hall–Kier alpha value is -3.02. The lowest BCUT2D eigenvalue weighted by atomic mass is 10.2. The summed E-state index contributed by atoms with van der Waals surface area (Å²) in [6.45, 7) is 1.68. The van der Waals surface area contributed by atoms with Gasteiger partial charge in [-0.2, -0.15) is 0 Å². The molecule has 2 amide bonds. The molecular formula is C20H22N2O4. The third kappa shape index (κ3) is 4.75. The molecule has 6 nitrogen and oxygen atoms in total. The van der Waals surface area contributed by atoms with Crippen molar-refractivity contribution < 1.29 is 19.1 Å². The van der Waals surface area contributed by atoms with Gasteiger partial charge >= 0.3 is 0 Å². The van der Waals surface area contributed by atoms with E-state index in [1.807, 2.05) is 0 Å². The summed E-state index contributed by atoms with van der Waals surface area (Å²) < 4.78 is 10.7. The molecule has 0 bridgehead atoms. The molecule has 1 atom stereocenters. The molecule has 0 saturated heterocycles. The minimum Gasteiger partial charge on any atom is -0.497 e. The Balaban J connectivity index is 1.51. The summed E-state index contributed by atoms with van der Waals surface area (Å²) in [6.07, 6.45) is 1.27. The maximum atomic E-state index is 12.3. The van der Waals surface area contributed by atoms with Crippen molar-refractivity contribution in [2.45, 2.75) is 25.9 Å². The Bertz CT molecular complexity index is 767. The fourth-order valence-corrected chi connectivity index (χ4v) is 2.38. The molecule has 26 heavy (non-hydrogen) atoms. The van der Waals surface area contributed by atoms with Crippen LogP contribution in [0.1, 0.15) is 19.8 Å². The molecule has 2 aromatic rings. The summed E-state index contributed by atoms with van der Waals surface area (Å²) >= 11 is 0. The monoisotopic (exact) mass is 354 g/mol. The second-order valence-electron chi connectivity index (χ2n) is 6.27. The van der Waals surface area contributed by atoms with Crippen LogP contribution in [0.2, 0.25) is 0 Å². The average Bonchev–Trinajstić information content (AvgIpc) is 3.49. The third-order valence-electron chi connectivity index (χ3n) is 4.11. The van der Waals surface area contributed by atoms with Gasteiger partial charge in [0.1, 0.15) is 11.5 Å². The Morgan fingerprint density at radius 1 is 0.923 bits per heavy atom. The molecule has 0 aromatic heterocycles. The van der Waals surface area contributed by atoms with Crippen molar-refractivity contribution in [3.05, 3.63) is 48.5 Å². The zero-order valence-corrected chi connectivity index (χ0v) is 14.8. The Labute approximate surface area is 152 Å². The summed E-state index contributed by atoms with van der Waals surface area (Å²) in [5, 5.41) is 5.66. The molecule has 2 N–H and O–H groups in total. The summed E-state index contributed by atoms with van der Waals surface area (Å²) in [7, 11) is 1.59. The van der Waals surface area contributed by atoms with Gasteiger partial charge in [0.05, 0.1) is 7.11 Å². The van der Waals surface area contributed by atoms with Crippen molar-refractivity contribution in [3.8, 4) is 11.5 Å². The lowest BCUT2D eigenvalue weighted by molar-refractivity contribution is -0.122. The SMILES string of the molecule is COc1ccc(OC(C)C(=O)Nc2ccc(NC(=O)C3CC3)cc2)cc1. The largest absolute Gasteiger partial charge is 0.497 e. The van der Waals surface area contributed by atoms with Gasteiger partial charge in [-0.3, -0.25) is 9.59 Å². The predicted molar refractivity (Wildman–Crippen MR) is 99.5 cm³/mol. The van der Waals surface area contributed by atoms with E-state index in [0.29, 0.717) is 11.4 Å². The quantitative estimate of drug-likeness (QED) is 0.798. The second kappa shape index (κ2) is 7.91. The molecule has 1 aliphatic carbocycles. The van der Waals surface area contributed by atoms with Crippen LogP contribution in [-0.4, -0.2) is 25.0 Å². The standard InChI is InChI=1S/C20H22N2O4/c1-13(26-18-11-9-17(25-2)10-12-18)19(23)21-15-5-7-16(8-6-15)22-20(24)14-3-4-14/h5-14H,3-4H2,1-2H3,(H,21,23)(H,22,24). The van der Waals surface area contributed by atoms with Crippen molar-refractivity contribution in [3.63, 3.8) is 0 Å². The van der Waals surface area contributed by atoms with E-state index < -0.39 is 6.10 Å². The molecule has 2 aromatic carbocycles. The van der Waals surface area contributed by atoms with Crippen LogP contribution in [0, 0.1) is 5.92 Å². The van der Waals surface area contributed by atoms with E-state index in [0.717, 1.165) is 24.3 Å². The van der Waals surface area contributed by atoms with E-state index in [2.05, 4.69) is 10.6 Å². The number of anilines is 2. The lowest BCUT2D eigenvalue weighted by Gasteiger charge is -2.15. The molecule has 0 heterocycles. The molecule has 3 rings (SSSR count). The van der Waals surface area contributed by atoms with E-state index in [1.54, 1.807) is 62.6 Å². The maximum Gasteiger partial charge on any atom is 0.265 e. The first-order chi connectivity index (χ1) is 12.5. The molecule has 0 aliphatic heterocycles. The summed E-state index contributed by atoms with van der Waals surface area (Å²) in [6, 6.07) is 14.1. The number of hydrogen-bond acceptors (Lipinski definition) is 4. The van der Waals surface area contributed by atoms with Crippen molar-refractivity contribution in [2.75, 3.05) is 17.7 Å². The Kier molecular flexibility index (Phi) is 5.41. The first-order valence-electron chi connectivity index (χ1n) is 8.57. The van der Waals surface area contributed by atoms with Gasteiger partial charge in [-0.1, -0.05) is 0 Å². The van der Waals surface area contributed by atoms with E-state index in [9.17, 15) is 9.59 Å². The number of carbonyl (C=O) groups is 2. The van der Waals surface area contributed by atoms with Crippen LogP contribution in [0.15, 0.2) is 48.5 Å². The van der Waals surface area contributed by atoms with Crippen LogP contribution in [0.4, 0.5) is 11.4 Å². The second-order valence-corrected chi connectivity index (χ2v) is 6.27. The van der Waals surface area contributed by atoms with Crippen molar-refractivity contribution >= 4 is 23.2 Å². The van der Waals surface area contributed by atoms with Crippen molar-refractivity contribution in [1.29, 1.82) is 0 Å². The molecular weight excluding hydrogens is 332 g/mol. The van der Waals surface area contributed by atoms with Crippen LogP contribution >= 0.6 is 0 Å². The molecule has 1 aliphatic rings. The number of carbonyl (C=O) groups excluding carboxylic acids is 2. The van der Waals surface area contributed by atoms with E-state index in [1.165, 1.54) is 0 Å². The number of rotatable bonds is 7. The predicted octanol–water partition coefficient (Wildman–Crippen LogP) is 3.45. The highest BCUT2D eigenvalue weighted by Crippen LogP contribution is 2.30. The minimum atomic E-state index is -0.655. The fourth-order valence-electron chi connectivity index (χ4n) is 2.38. The van der Waals surface area contributed by atoms with Gasteiger partial charge in [0.2, 0.25) is 5.91 Å². The minimum absolute atomic E-state index is 0.0586. The molecule has 0 spiro atoms. The van der Waals surface area contributed by atoms with Gasteiger partial charge in [0, 0.05) is 17.3 Å². The number of hydrogen-bond donors (Lipinski definition) is 2. The zero-order valence-electron chi connectivity index (χ0n) is 14.8. The molecule has 1 unspecified atom stereocenters. The van der Waals surface area contributed by atoms with Crippen LogP contribution in [-0.2, 0) is 9.59 Å². The summed E-state index contributed by atoms with van der Waals surface area (Å²) in [4.78, 5) is 24.0. The van der Waals surface area contributed by atoms with E-state index in [4.69, 9.17) is 9.47 Å². The molecule has 0 radical (unpaired) electrons. The highest BCUT2D eigenvalue weighted by Gasteiger charge is 2.29. The first kappa shape index (κ1) is 17.8. The first-order valence-corrected chi connectivity index (χ1v) is 8.57. The van der Waals surface area contributed by atoms with Crippen LogP contribution in [0.5, 0.6) is 11.5 Å². The van der Waals surface area contributed by atoms with Gasteiger partial charge in [0.25, 0.3) is 5.91 Å². The van der Waals surface area contributed by atoms with Gasteiger partial charge in [-0.05, 0) is 68.3 Å². The van der Waals surface area contributed by atoms with Crippen molar-refractivity contribution in [2.24, 2.45) is 5.92 Å². The lowest BCUT2D eigenvalue weighted by Crippen LogP contribution is -2.30. The summed E-state index contributed by atoms with van der Waals surface area (Å²) in [5.41, 5.74) is 1.37. The molecule has 1 fully saturated rings. The number of ether oxygens (including phenoxy) is 2. The topological polar surface area (TPSA) is 76.7 Å². The van der Waals surface area contributed by atoms with Gasteiger partial charge in [0.15, 0.2) is 6.10 Å². The summed E-state index contributed by atoms with van der Waals surface area (Å²) in [5.74, 6) is 1.28. The number of methoxy groups -OCH3 is 1. The fraction of sp³-hybridized carbons (Fsp3) is 0.300. The molecule has 6 heteroatoms. The number of nitrogens with one attached hydrogen (secondary N) is 2. The number of benzene rings is 2. The highest BCUT2D eigenvalue weighted by molar-refractivity contribution is 5.96. The highest BCUT2D eigenvalue weighted by atomic mass is 16.5. The average molecular weight is 354 g/mol. The zero-order chi connectivity index (χ0) is 18.5. The van der Waals surface area contributed by atoms with Gasteiger partial charge in [-0.15, -0.1) is 0 Å².